The highest BCUT2D eigenvalue weighted by Crippen LogP contribution is 2.16. The second-order valence-electron chi connectivity index (χ2n) is 5.47. The Bertz CT molecular complexity index is 622. The number of amides is 2. The first kappa shape index (κ1) is 16.7. The first-order valence-electron chi connectivity index (χ1n) is 7.46. The van der Waals surface area contributed by atoms with Crippen LogP contribution < -0.4 is 5.73 Å². The first-order chi connectivity index (χ1) is 11.0. The van der Waals surface area contributed by atoms with E-state index in [9.17, 15) is 14.4 Å². The summed E-state index contributed by atoms with van der Waals surface area (Å²) in [6.07, 6.45) is 4.66. The summed E-state index contributed by atoms with van der Waals surface area (Å²) < 4.78 is 4.63. The molecule has 6 nitrogen and oxygen atoms in total. The summed E-state index contributed by atoms with van der Waals surface area (Å²) in [4.78, 5) is 36.4. The molecule has 1 aliphatic heterocycles. The monoisotopic (exact) mass is 316 g/mol. The van der Waals surface area contributed by atoms with E-state index in [-0.39, 0.29) is 17.7 Å². The van der Waals surface area contributed by atoms with Gasteiger partial charge in [-0.15, -0.1) is 0 Å². The molecule has 6 heteroatoms. The molecule has 1 aromatic rings. The molecule has 0 radical (unpaired) electrons. The topological polar surface area (TPSA) is 89.7 Å². The fraction of sp³-hybridized carbons (Fsp3) is 0.353. The molecular formula is C17H20N2O4. The highest BCUT2D eigenvalue weighted by molar-refractivity contribution is 5.93. The molecule has 2 N–H and O–H groups in total. The Morgan fingerprint density at radius 2 is 1.96 bits per heavy atom. The van der Waals surface area contributed by atoms with Crippen LogP contribution >= 0.6 is 0 Å². The van der Waals surface area contributed by atoms with Crippen molar-refractivity contribution in [3.63, 3.8) is 0 Å². The Kier molecular flexibility index (Phi) is 5.51. The predicted molar refractivity (Wildman–Crippen MR) is 85.3 cm³/mol. The summed E-state index contributed by atoms with van der Waals surface area (Å²) in [5.74, 6) is -1.17. The molecule has 2 amide bonds. The van der Waals surface area contributed by atoms with Crippen molar-refractivity contribution in [2.24, 2.45) is 11.7 Å². The van der Waals surface area contributed by atoms with Gasteiger partial charge in [-0.25, -0.2) is 4.79 Å². The third kappa shape index (κ3) is 4.42. The summed E-state index contributed by atoms with van der Waals surface area (Å²) in [5, 5.41) is 0. The van der Waals surface area contributed by atoms with E-state index in [0.717, 1.165) is 18.4 Å². The number of nitrogens with zero attached hydrogens (tertiary/aromatic N) is 1. The third-order valence-electron chi connectivity index (χ3n) is 3.89. The SMILES string of the molecule is COC(=O)c1ccc(/C=C/C(=O)N2CCCC(C(N)=O)C2)cc1. The fourth-order valence-corrected chi connectivity index (χ4v) is 2.53. The molecule has 0 aliphatic carbocycles. The van der Waals surface area contributed by atoms with Crippen LogP contribution in [-0.2, 0) is 14.3 Å². The number of likely N-dealkylation sites (tertiary alicyclic amines) is 1. The lowest BCUT2D eigenvalue weighted by molar-refractivity contribution is -0.130. The molecule has 122 valence electrons. The van der Waals surface area contributed by atoms with Gasteiger partial charge in [-0.3, -0.25) is 9.59 Å². The van der Waals surface area contributed by atoms with Crippen LogP contribution in [0.15, 0.2) is 30.3 Å². The number of esters is 1. The lowest BCUT2D eigenvalue weighted by atomic mass is 9.97. The highest BCUT2D eigenvalue weighted by atomic mass is 16.5. The maximum atomic E-state index is 12.2. The van der Waals surface area contributed by atoms with Gasteiger partial charge in [0.25, 0.3) is 0 Å². The predicted octanol–water partition coefficient (Wildman–Crippen LogP) is 1.21. The van der Waals surface area contributed by atoms with Crippen molar-refractivity contribution in [1.29, 1.82) is 0 Å². The van der Waals surface area contributed by atoms with Crippen molar-refractivity contribution in [1.82, 2.24) is 4.90 Å². The van der Waals surface area contributed by atoms with E-state index < -0.39 is 5.97 Å². The van der Waals surface area contributed by atoms with Crippen LogP contribution in [0.1, 0.15) is 28.8 Å². The zero-order chi connectivity index (χ0) is 16.8. The number of benzene rings is 1. The summed E-state index contributed by atoms with van der Waals surface area (Å²) in [6.45, 7) is 1.01. The van der Waals surface area contributed by atoms with Crippen molar-refractivity contribution in [3.05, 3.63) is 41.5 Å². The number of ether oxygens (including phenoxy) is 1. The van der Waals surface area contributed by atoms with E-state index in [0.29, 0.717) is 18.7 Å². The molecule has 0 bridgehead atoms. The molecule has 1 atom stereocenters. The van der Waals surface area contributed by atoms with Crippen LogP contribution in [0.4, 0.5) is 0 Å². The van der Waals surface area contributed by atoms with Crippen molar-refractivity contribution in [2.75, 3.05) is 20.2 Å². The number of carbonyl (C=O) groups is 3. The van der Waals surface area contributed by atoms with Crippen LogP contribution in [-0.4, -0.2) is 42.9 Å². The zero-order valence-electron chi connectivity index (χ0n) is 13.0. The summed E-state index contributed by atoms with van der Waals surface area (Å²) in [5.41, 5.74) is 6.57. The maximum Gasteiger partial charge on any atom is 0.337 e. The van der Waals surface area contributed by atoms with E-state index in [1.54, 1.807) is 35.2 Å². The van der Waals surface area contributed by atoms with Crippen LogP contribution in [0.5, 0.6) is 0 Å². The number of hydrogen-bond donors (Lipinski definition) is 1. The Labute approximate surface area is 134 Å². The van der Waals surface area contributed by atoms with Gasteiger partial charge in [0.1, 0.15) is 0 Å². The molecule has 1 saturated heterocycles. The van der Waals surface area contributed by atoms with Crippen molar-refractivity contribution in [2.45, 2.75) is 12.8 Å². The molecule has 23 heavy (non-hydrogen) atoms. The molecule has 1 unspecified atom stereocenters. The second-order valence-corrected chi connectivity index (χ2v) is 5.47. The van der Waals surface area contributed by atoms with Crippen molar-refractivity contribution >= 4 is 23.9 Å². The van der Waals surface area contributed by atoms with E-state index in [2.05, 4.69) is 4.74 Å². The number of carbonyl (C=O) groups excluding carboxylic acids is 3. The first-order valence-corrected chi connectivity index (χ1v) is 7.46. The fourth-order valence-electron chi connectivity index (χ4n) is 2.53. The summed E-state index contributed by atoms with van der Waals surface area (Å²) >= 11 is 0. The average molecular weight is 316 g/mol. The van der Waals surface area contributed by atoms with Gasteiger partial charge in [-0.05, 0) is 36.6 Å². The minimum absolute atomic E-state index is 0.145. The van der Waals surface area contributed by atoms with E-state index in [1.807, 2.05) is 0 Å². The van der Waals surface area contributed by atoms with Crippen molar-refractivity contribution < 1.29 is 19.1 Å². The Hall–Kier alpha value is -2.63. The molecule has 0 saturated carbocycles. The van der Waals surface area contributed by atoms with Gasteiger partial charge >= 0.3 is 5.97 Å². The van der Waals surface area contributed by atoms with Gasteiger partial charge in [0, 0.05) is 19.2 Å². The second kappa shape index (κ2) is 7.58. The number of primary amides is 1. The van der Waals surface area contributed by atoms with Gasteiger partial charge < -0.3 is 15.4 Å². The number of piperidine rings is 1. The zero-order valence-corrected chi connectivity index (χ0v) is 13.0. The molecule has 1 aliphatic rings. The molecular weight excluding hydrogens is 296 g/mol. The van der Waals surface area contributed by atoms with Gasteiger partial charge in [0.05, 0.1) is 18.6 Å². The van der Waals surface area contributed by atoms with Gasteiger partial charge in [-0.1, -0.05) is 12.1 Å². The molecule has 1 aromatic carbocycles. The Morgan fingerprint density at radius 1 is 1.26 bits per heavy atom. The normalized spacial score (nSPS) is 18.0. The lowest BCUT2D eigenvalue weighted by Crippen LogP contribution is -2.43. The molecule has 2 rings (SSSR count). The standard InChI is InChI=1S/C17H20N2O4/c1-23-17(22)13-7-4-12(5-8-13)6-9-15(20)19-10-2-3-14(11-19)16(18)21/h4-9,14H,2-3,10-11H2,1H3,(H2,18,21)/b9-6+. The molecule has 0 spiro atoms. The van der Waals surface area contributed by atoms with Crippen LogP contribution in [0.25, 0.3) is 6.08 Å². The van der Waals surface area contributed by atoms with Crippen molar-refractivity contribution in [3.8, 4) is 0 Å². The smallest absolute Gasteiger partial charge is 0.337 e. The number of nitrogens with two attached hydrogens (primary N) is 1. The highest BCUT2D eigenvalue weighted by Gasteiger charge is 2.25. The van der Waals surface area contributed by atoms with Crippen LogP contribution in [0.2, 0.25) is 0 Å². The summed E-state index contributed by atoms with van der Waals surface area (Å²) in [6, 6.07) is 6.75. The Balaban J connectivity index is 1.97. The molecule has 1 heterocycles. The largest absolute Gasteiger partial charge is 0.465 e. The number of rotatable bonds is 4. The average Bonchev–Trinajstić information content (AvgIpc) is 2.59. The van der Waals surface area contributed by atoms with E-state index in [4.69, 9.17) is 5.73 Å². The minimum atomic E-state index is -0.401. The van der Waals surface area contributed by atoms with Gasteiger partial charge in [0.2, 0.25) is 11.8 Å². The van der Waals surface area contributed by atoms with Gasteiger partial charge in [0.15, 0.2) is 0 Å². The number of hydrogen-bond acceptors (Lipinski definition) is 4. The molecule has 0 aromatic heterocycles. The van der Waals surface area contributed by atoms with Crippen LogP contribution in [0.3, 0.4) is 0 Å². The third-order valence-corrected chi connectivity index (χ3v) is 3.89. The van der Waals surface area contributed by atoms with Crippen LogP contribution in [0, 0.1) is 5.92 Å². The lowest BCUT2D eigenvalue weighted by Gasteiger charge is -2.30. The quantitative estimate of drug-likeness (QED) is 0.668. The van der Waals surface area contributed by atoms with Gasteiger partial charge in [-0.2, -0.15) is 0 Å². The summed E-state index contributed by atoms with van der Waals surface area (Å²) in [7, 11) is 1.33. The Morgan fingerprint density at radius 3 is 2.57 bits per heavy atom. The van der Waals surface area contributed by atoms with E-state index in [1.165, 1.54) is 13.2 Å². The minimum Gasteiger partial charge on any atom is -0.465 e. The van der Waals surface area contributed by atoms with E-state index >= 15 is 0 Å². The molecule has 1 fully saturated rings. The number of methoxy groups -OCH3 is 1. The maximum absolute atomic E-state index is 12.2.